The highest BCUT2D eigenvalue weighted by Gasteiger charge is 2.22. The summed E-state index contributed by atoms with van der Waals surface area (Å²) in [5.74, 6) is 0.234. The molecule has 2 nitrogen and oxygen atoms in total. The van der Waals surface area contributed by atoms with Crippen LogP contribution in [0, 0.1) is 6.92 Å². The summed E-state index contributed by atoms with van der Waals surface area (Å²) < 4.78 is 0. The van der Waals surface area contributed by atoms with E-state index >= 15 is 0 Å². The quantitative estimate of drug-likeness (QED) is 0.817. The number of benzene rings is 2. The summed E-state index contributed by atoms with van der Waals surface area (Å²) in [7, 11) is 0. The van der Waals surface area contributed by atoms with Crippen LogP contribution < -0.4 is 0 Å². The summed E-state index contributed by atoms with van der Waals surface area (Å²) in [6.07, 6.45) is 0. The predicted molar refractivity (Wildman–Crippen MR) is 76.1 cm³/mol. The van der Waals surface area contributed by atoms with Gasteiger partial charge in [-0.25, -0.2) is 0 Å². The van der Waals surface area contributed by atoms with Crippen LogP contribution in [0.2, 0.25) is 0 Å². The van der Waals surface area contributed by atoms with Crippen molar-refractivity contribution in [3.8, 4) is 0 Å². The number of nitrogens with zero attached hydrogens (tertiary/aromatic N) is 1. The van der Waals surface area contributed by atoms with E-state index in [1.54, 1.807) is 0 Å². The molecule has 1 aliphatic heterocycles. The fourth-order valence-corrected chi connectivity index (χ4v) is 2.66. The van der Waals surface area contributed by atoms with Crippen molar-refractivity contribution in [2.75, 3.05) is 6.54 Å². The molecule has 0 aliphatic carbocycles. The maximum absolute atomic E-state index is 12.2. The molecule has 96 valence electrons. The number of ketones is 1. The van der Waals surface area contributed by atoms with E-state index < -0.39 is 0 Å². The van der Waals surface area contributed by atoms with Gasteiger partial charge < -0.3 is 0 Å². The molecule has 0 amide bonds. The summed E-state index contributed by atoms with van der Waals surface area (Å²) in [6, 6.07) is 16.4. The number of carbonyl (C=O) groups is 1. The van der Waals surface area contributed by atoms with Crippen molar-refractivity contribution in [2.24, 2.45) is 0 Å². The van der Waals surface area contributed by atoms with E-state index in [1.807, 2.05) is 30.3 Å². The minimum atomic E-state index is 0.234. The molecular weight excluding hydrogens is 234 g/mol. The van der Waals surface area contributed by atoms with Crippen LogP contribution in [0.3, 0.4) is 0 Å². The lowest BCUT2D eigenvalue weighted by Crippen LogP contribution is -2.34. The van der Waals surface area contributed by atoms with Crippen molar-refractivity contribution in [1.29, 1.82) is 0 Å². The van der Waals surface area contributed by atoms with Gasteiger partial charge in [0.15, 0.2) is 5.78 Å². The van der Waals surface area contributed by atoms with E-state index in [0.29, 0.717) is 6.54 Å². The third-order valence-electron chi connectivity index (χ3n) is 3.57. The van der Waals surface area contributed by atoms with Gasteiger partial charge in [-0.1, -0.05) is 54.1 Å². The molecule has 0 fully saturated rings. The van der Waals surface area contributed by atoms with Crippen molar-refractivity contribution in [3.63, 3.8) is 0 Å². The summed E-state index contributed by atoms with van der Waals surface area (Å²) >= 11 is 0. The lowest BCUT2D eigenvalue weighted by Gasteiger charge is -2.28. The summed E-state index contributed by atoms with van der Waals surface area (Å²) in [6.45, 7) is 4.28. The Morgan fingerprint density at radius 1 is 1.05 bits per heavy atom. The van der Waals surface area contributed by atoms with Crippen molar-refractivity contribution < 1.29 is 4.79 Å². The number of carbonyl (C=O) groups excluding carboxylic acids is 1. The zero-order chi connectivity index (χ0) is 13.2. The standard InChI is InChI=1S/C17H17NO/c1-13-7-8-16-15(9-13)11-18(12-17(16)19)10-14-5-3-2-4-6-14/h2-9H,10-12H2,1H3. The van der Waals surface area contributed by atoms with E-state index in [1.165, 1.54) is 11.1 Å². The maximum Gasteiger partial charge on any atom is 0.177 e. The zero-order valence-corrected chi connectivity index (χ0v) is 11.1. The van der Waals surface area contributed by atoms with Gasteiger partial charge in [0, 0.05) is 18.7 Å². The molecule has 1 heterocycles. The SMILES string of the molecule is Cc1ccc2c(c1)CN(Cc1ccccc1)CC2=O. The van der Waals surface area contributed by atoms with Gasteiger partial charge in [-0.3, -0.25) is 9.69 Å². The number of aryl methyl sites for hydroxylation is 1. The van der Waals surface area contributed by atoms with Gasteiger partial charge in [-0.2, -0.15) is 0 Å². The molecule has 0 atom stereocenters. The number of rotatable bonds is 2. The Morgan fingerprint density at radius 3 is 2.63 bits per heavy atom. The Kier molecular flexibility index (Phi) is 3.18. The fourth-order valence-electron chi connectivity index (χ4n) is 2.66. The first kappa shape index (κ1) is 12.1. The number of hydrogen-bond donors (Lipinski definition) is 0. The first-order valence-electron chi connectivity index (χ1n) is 6.61. The topological polar surface area (TPSA) is 20.3 Å². The van der Waals surface area contributed by atoms with Crippen molar-refractivity contribution in [1.82, 2.24) is 4.90 Å². The normalized spacial score (nSPS) is 15.3. The van der Waals surface area contributed by atoms with Gasteiger partial charge >= 0.3 is 0 Å². The average Bonchev–Trinajstić information content (AvgIpc) is 2.39. The van der Waals surface area contributed by atoms with Crippen molar-refractivity contribution >= 4 is 5.78 Å². The van der Waals surface area contributed by atoms with E-state index in [0.717, 1.165) is 24.2 Å². The second kappa shape index (κ2) is 4.98. The largest absolute Gasteiger partial charge is 0.293 e. The van der Waals surface area contributed by atoms with Gasteiger partial charge in [0.1, 0.15) is 0 Å². The van der Waals surface area contributed by atoms with E-state index in [9.17, 15) is 4.79 Å². The molecule has 2 aromatic carbocycles. The summed E-state index contributed by atoms with van der Waals surface area (Å²) in [5.41, 5.74) is 4.53. The van der Waals surface area contributed by atoms with Crippen LogP contribution in [0.1, 0.15) is 27.0 Å². The fraction of sp³-hybridized carbons (Fsp3) is 0.235. The third kappa shape index (κ3) is 2.59. The Bertz CT molecular complexity index is 604. The molecule has 0 saturated heterocycles. The average molecular weight is 251 g/mol. The summed E-state index contributed by atoms with van der Waals surface area (Å²) in [5, 5.41) is 0. The summed E-state index contributed by atoms with van der Waals surface area (Å²) in [4.78, 5) is 14.4. The van der Waals surface area contributed by atoms with Gasteiger partial charge in [-0.05, 0) is 18.1 Å². The van der Waals surface area contributed by atoms with Gasteiger partial charge in [0.05, 0.1) is 6.54 Å². The van der Waals surface area contributed by atoms with Crippen LogP contribution >= 0.6 is 0 Å². The highest BCUT2D eigenvalue weighted by atomic mass is 16.1. The van der Waals surface area contributed by atoms with Gasteiger partial charge in [0.2, 0.25) is 0 Å². The molecule has 1 aliphatic rings. The third-order valence-corrected chi connectivity index (χ3v) is 3.57. The van der Waals surface area contributed by atoms with Crippen LogP contribution in [0.5, 0.6) is 0 Å². The maximum atomic E-state index is 12.2. The van der Waals surface area contributed by atoms with Crippen molar-refractivity contribution in [2.45, 2.75) is 20.0 Å². The van der Waals surface area contributed by atoms with Gasteiger partial charge in [0.25, 0.3) is 0 Å². The first-order chi connectivity index (χ1) is 9.22. The van der Waals surface area contributed by atoms with Crippen LogP contribution in [0.4, 0.5) is 0 Å². The minimum Gasteiger partial charge on any atom is -0.293 e. The Hall–Kier alpha value is -1.93. The highest BCUT2D eigenvalue weighted by molar-refractivity contribution is 5.99. The molecule has 0 unspecified atom stereocenters. The first-order valence-corrected chi connectivity index (χ1v) is 6.61. The van der Waals surface area contributed by atoms with E-state index in [-0.39, 0.29) is 5.78 Å². The predicted octanol–water partition coefficient (Wildman–Crippen LogP) is 3.19. The van der Waals surface area contributed by atoms with Crippen molar-refractivity contribution in [3.05, 3.63) is 70.8 Å². The van der Waals surface area contributed by atoms with Crippen LogP contribution in [-0.4, -0.2) is 17.2 Å². The number of hydrogen-bond acceptors (Lipinski definition) is 2. The van der Waals surface area contributed by atoms with Crippen LogP contribution in [-0.2, 0) is 13.1 Å². The lowest BCUT2D eigenvalue weighted by molar-refractivity contribution is 0.0894. The zero-order valence-electron chi connectivity index (χ0n) is 11.1. The molecule has 0 radical (unpaired) electrons. The Morgan fingerprint density at radius 2 is 1.84 bits per heavy atom. The molecule has 3 rings (SSSR count). The minimum absolute atomic E-state index is 0.234. The molecule has 2 heteroatoms. The molecule has 0 N–H and O–H groups in total. The lowest BCUT2D eigenvalue weighted by atomic mass is 9.96. The monoisotopic (exact) mass is 251 g/mol. The Labute approximate surface area is 113 Å². The second-order valence-electron chi connectivity index (χ2n) is 5.21. The molecule has 0 aromatic heterocycles. The molecule has 0 saturated carbocycles. The van der Waals surface area contributed by atoms with Crippen LogP contribution in [0.25, 0.3) is 0 Å². The smallest absolute Gasteiger partial charge is 0.177 e. The molecule has 19 heavy (non-hydrogen) atoms. The highest BCUT2D eigenvalue weighted by Crippen LogP contribution is 2.21. The van der Waals surface area contributed by atoms with Gasteiger partial charge in [-0.15, -0.1) is 0 Å². The number of Topliss-reactive ketones (excluding diaryl/α,β-unsaturated/α-hetero) is 1. The molecule has 2 aromatic rings. The number of fused-ring (bicyclic) bond motifs is 1. The molecule has 0 spiro atoms. The van der Waals surface area contributed by atoms with Crippen LogP contribution in [0.15, 0.2) is 48.5 Å². The molecular formula is C17H17NO. The molecule has 0 bridgehead atoms. The van der Waals surface area contributed by atoms with E-state index in [4.69, 9.17) is 0 Å². The second-order valence-corrected chi connectivity index (χ2v) is 5.21. The van der Waals surface area contributed by atoms with E-state index in [2.05, 4.69) is 30.0 Å². The Balaban J connectivity index is 1.83.